The summed E-state index contributed by atoms with van der Waals surface area (Å²) in [4.78, 5) is 11.5. The molecule has 0 atom stereocenters. The number of hydrogen-bond donors (Lipinski definition) is 0. The maximum Gasteiger partial charge on any atom is 0.159 e. The van der Waals surface area contributed by atoms with E-state index in [1.807, 2.05) is 6.92 Å². The summed E-state index contributed by atoms with van der Waals surface area (Å²) in [7, 11) is 0. The van der Waals surface area contributed by atoms with Gasteiger partial charge in [0.25, 0.3) is 0 Å². The van der Waals surface area contributed by atoms with Gasteiger partial charge in [-0.25, -0.2) is 8.78 Å². The van der Waals surface area contributed by atoms with Gasteiger partial charge in [0.2, 0.25) is 0 Å². The molecule has 0 radical (unpaired) electrons. The van der Waals surface area contributed by atoms with Crippen molar-refractivity contribution in [3.05, 3.63) is 47.5 Å². The molecule has 0 fully saturated rings. The molecule has 0 unspecified atom stereocenters. The lowest BCUT2D eigenvalue weighted by Gasteiger charge is -2.03. The zero-order valence-corrected chi connectivity index (χ0v) is 9.22. The van der Waals surface area contributed by atoms with Gasteiger partial charge in [-0.15, -0.1) is 0 Å². The quantitative estimate of drug-likeness (QED) is 0.700. The molecule has 0 aliphatic heterocycles. The number of halogens is 2. The largest absolute Gasteiger partial charge is 0.299 e. The van der Waals surface area contributed by atoms with Crippen molar-refractivity contribution in [2.45, 2.75) is 26.2 Å². The Balaban J connectivity index is 2.63. The molecule has 3 heteroatoms. The SMILES string of the molecule is C=C(CC)CC(=O)Cc1ccc(F)c(F)c1. The fourth-order valence-electron chi connectivity index (χ4n) is 1.34. The number of carbonyl (C=O) groups is 1. The highest BCUT2D eigenvalue weighted by Gasteiger charge is 2.08. The third-order valence-electron chi connectivity index (χ3n) is 2.33. The van der Waals surface area contributed by atoms with Crippen LogP contribution in [0.4, 0.5) is 8.78 Å². The van der Waals surface area contributed by atoms with Crippen LogP contribution in [0, 0.1) is 11.6 Å². The lowest BCUT2D eigenvalue weighted by Crippen LogP contribution is -2.04. The second-order valence-electron chi connectivity index (χ2n) is 3.74. The Morgan fingerprint density at radius 2 is 2.00 bits per heavy atom. The molecule has 1 aromatic carbocycles. The van der Waals surface area contributed by atoms with Crippen LogP contribution in [0.1, 0.15) is 25.3 Å². The van der Waals surface area contributed by atoms with Crippen LogP contribution in [-0.2, 0) is 11.2 Å². The summed E-state index contributed by atoms with van der Waals surface area (Å²) in [5.74, 6) is -1.84. The Morgan fingerprint density at radius 3 is 2.56 bits per heavy atom. The minimum Gasteiger partial charge on any atom is -0.299 e. The van der Waals surface area contributed by atoms with Gasteiger partial charge in [-0.3, -0.25) is 4.79 Å². The van der Waals surface area contributed by atoms with Gasteiger partial charge in [-0.05, 0) is 24.1 Å². The number of rotatable bonds is 5. The minimum atomic E-state index is -0.917. The first-order valence-electron chi connectivity index (χ1n) is 5.15. The lowest BCUT2D eigenvalue weighted by atomic mass is 10.0. The number of allylic oxidation sites excluding steroid dienone is 1. The zero-order chi connectivity index (χ0) is 12.1. The van der Waals surface area contributed by atoms with Gasteiger partial charge >= 0.3 is 0 Å². The van der Waals surface area contributed by atoms with E-state index in [1.165, 1.54) is 6.07 Å². The van der Waals surface area contributed by atoms with Gasteiger partial charge in [0.05, 0.1) is 0 Å². The van der Waals surface area contributed by atoms with E-state index in [0.717, 1.165) is 24.1 Å². The van der Waals surface area contributed by atoms with Gasteiger partial charge in [-0.1, -0.05) is 25.1 Å². The third kappa shape index (κ3) is 3.57. The molecule has 0 amide bonds. The Labute approximate surface area is 93.8 Å². The monoisotopic (exact) mass is 224 g/mol. The Hall–Kier alpha value is -1.51. The summed E-state index contributed by atoms with van der Waals surface area (Å²) >= 11 is 0. The summed E-state index contributed by atoms with van der Waals surface area (Å²) in [5.41, 5.74) is 1.35. The average molecular weight is 224 g/mol. The van der Waals surface area contributed by atoms with E-state index >= 15 is 0 Å². The number of carbonyl (C=O) groups excluding carboxylic acids is 1. The molecule has 0 aromatic heterocycles. The molecule has 86 valence electrons. The normalized spacial score (nSPS) is 10.2. The van der Waals surface area contributed by atoms with E-state index in [0.29, 0.717) is 12.0 Å². The highest BCUT2D eigenvalue weighted by atomic mass is 19.2. The topological polar surface area (TPSA) is 17.1 Å². The highest BCUT2D eigenvalue weighted by molar-refractivity contribution is 5.82. The predicted octanol–water partition coefficient (Wildman–Crippen LogP) is 3.43. The van der Waals surface area contributed by atoms with Crippen LogP contribution in [0.5, 0.6) is 0 Å². The number of hydrogen-bond acceptors (Lipinski definition) is 1. The first kappa shape index (κ1) is 12.6. The first-order chi connectivity index (χ1) is 7.52. The van der Waals surface area contributed by atoms with E-state index in [2.05, 4.69) is 6.58 Å². The fourth-order valence-corrected chi connectivity index (χ4v) is 1.34. The second kappa shape index (κ2) is 5.54. The van der Waals surface area contributed by atoms with Crippen molar-refractivity contribution in [2.75, 3.05) is 0 Å². The van der Waals surface area contributed by atoms with E-state index in [4.69, 9.17) is 0 Å². The molecule has 0 spiro atoms. The third-order valence-corrected chi connectivity index (χ3v) is 2.33. The minimum absolute atomic E-state index is 0.0298. The molecule has 1 aromatic rings. The summed E-state index contributed by atoms with van der Waals surface area (Å²) in [6.07, 6.45) is 1.18. The number of Topliss-reactive ketones (excluding diaryl/α,β-unsaturated/α-hetero) is 1. The molecule has 0 bridgehead atoms. The van der Waals surface area contributed by atoms with Crippen molar-refractivity contribution >= 4 is 5.78 Å². The van der Waals surface area contributed by atoms with Crippen LogP contribution in [0.3, 0.4) is 0 Å². The Bertz CT molecular complexity index is 410. The van der Waals surface area contributed by atoms with Crippen molar-refractivity contribution in [1.29, 1.82) is 0 Å². The zero-order valence-electron chi connectivity index (χ0n) is 9.22. The van der Waals surface area contributed by atoms with E-state index < -0.39 is 11.6 Å². The molecule has 1 nitrogen and oxygen atoms in total. The maximum absolute atomic E-state index is 12.9. The molecular formula is C13H14F2O. The standard InChI is InChI=1S/C13H14F2O/c1-3-9(2)6-11(16)7-10-4-5-12(14)13(15)8-10/h4-5,8H,2-3,6-7H2,1H3. The predicted molar refractivity (Wildman–Crippen MR) is 59.1 cm³/mol. The van der Waals surface area contributed by atoms with Crippen molar-refractivity contribution in [1.82, 2.24) is 0 Å². The molecule has 16 heavy (non-hydrogen) atoms. The van der Waals surface area contributed by atoms with Crippen molar-refractivity contribution in [2.24, 2.45) is 0 Å². The Kier molecular flexibility index (Phi) is 4.35. The highest BCUT2D eigenvalue weighted by Crippen LogP contribution is 2.12. The summed E-state index contributed by atoms with van der Waals surface area (Å²) in [6.45, 7) is 5.66. The van der Waals surface area contributed by atoms with Gasteiger partial charge in [-0.2, -0.15) is 0 Å². The van der Waals surface area contributed by atoms with Crippen LogP contribution < -0.4 is 0 Å². The first-order valence-corrected chi connectivity index (χ1v) is 5.15. The summed E-state index contributed by atoms with van der Waals surface area (Å²) in [6, 6.07) is 3.51. The maximum atomic E-state index is 12.9. The smallest absolute Gasteiger partial charge is 0.159 e. The van der Waals surface area contributed by atoms with Crippen LogP contribution >= 0.6 is 0 Å². The van der Waals surface area contributed by atoms with Gasteiger partial charge in [0, 0.05) is 12.8 Å². The van der Waals surface area contributed by atoms with Gasteiger partial charge in [0.15, 0.2) is 11.6 Å². The molecule has 0 N–H and O–H groups in total. The molecule has 0 saturated carbocycles. The molecule has 0 aliphatic rings. The number of ketones is 1. The van der Waals surface area contributed by atoms with E-state index in [1.54, 1.807) is 0 Å². The molecule has 0 heterocycles. The van der Waals surface area contributed by atoms with Crippen molar-refractivity contribution < 1.29 is 13.6 Å². The average Bonchev–Trinajstić information content (AvgIpc) is 2.23. The van der Waals surface area contributed by atoms with Gasteiger partial charge < -0.3 is 0 Å². The molecule has 0 aliphatic carbocycles. The fraction of sp³-hybridized carbons (Fsp3) is 0.308. The van der Waals surface area contributed by atoms with Crippen LogP contribution in [-0.4, -0.2) is 5.78 Å². The van der Waals surface area contributed by atoms with E-state index in [-0.39, 0.29) is 12.2 Å². The van der Waals surface area contributed by atoms with Gasteiger partial charge in [0.1, 0.15) is 5.78 Å². The summed E-state index contributed by atoms with van der Waals surface area (Å²) in [5, 5.41) is 0. The Morgan fingerprint density at radius 1 is 1.31 bits per heavy atom. The summed E-state index contributed by atoms with van der Waals surface area (Å²) < 4.78 is 25.5. The number of benzene rings is 1. The molecule has 1 rings (SSSR count). The van der Waals surface area contributed by atoms with Crippen LogP contribution in [0.2, 0.25) is 0 Å². The van der Waals surface area contributed by atoms with Crippen LogP contribution in [0.15, 0.2) is 30.4 Å². The van der Waals surface area contributed by atoms with Crippen molar-refractivity contribution in [3.8, 4) is 0 Å². The van der Waals surface area contributed by atoms with Crippen LogP contribution in [0.25, 0.3) is 0 Å². The van der Waals surface area contributed by atoms with Crippen molar-refractivity contribution in [3.63, 3.8) is 0 Å². The molecule has 0 saturated heterocycles. The van der Waals surface area contributed by atoms with E-state index in [9.17, 15) is 13.6 Å². The second-order valence-corrected chi connectivity index (χ2v) is 3.74. The molecular weight excluding hydrogens is 210 g/mol. The lowest BCUT2D eigenvalue weighted by molar-refractivity contribution is -0.117.